The molecule has 4 unspecified atom stereocenters. The molecular weight excluding hydrogens is 838 g/mol. The third-order valence-corrected chi connectivity index (χ3v) is 15.4. The summed E-state index contributed by atoms with van der Waals surface area (Å²) in [7, 11) is 8.80. The SMILES string of the molecule is CC[C@H]1CCC[C@H](O[C@H]2CC[C@H](N(C)C)C(C)O2)[C@@H](C)C(=O)C2=C[C@H]3[C@@H]4C[C@H](O[C@@H]5OC(C)[C@H](OC)C(OC)C5OC)C[C@H]4[C@H](Nc4cccc(C(F)(F)F)c4)[C@@H](O)[C@H]3[C@@H]2CC(=O)O1. The van der Waals surface area contributed by atoms with E-state index in [2.05, 4.69) is 10.2 Å². The molecule has 3 saturated heterocycles. The molecule has 3 aliphatic heterocycles. The van der Waals surface area contributed by atoms with Crippen molar-refractivity contribution in [2.45, 2.75) is 171 Å². The predicted molar refractivity (Wildman–Crippen MR) is 230 cm³/mol. The Morgan fingerprint density at radius 1 is 0.891 bits per heavy atom. The minimum absolute atomic E-state index is 0.0665. The summed E-state index contributed by atoms with van der Waals surface area (Å²) in [6.07, 6.45) is -3.51. The predicted octanol–water partition coefficient (Wildman–Crippen LogP) is 6.79. The van der Waals surface area contributed by atoms with Crippen molar-refractivity contribution >= 4 is 17.4 Å². The van der Waals surface area contributed by atoms with Crippen LogP contribution in [0.1, 0.15) is 91.0 Å². The minimum atomic E-state index is -4.58. The van der Waals surface area contributed by atoms with E-state index in [0.717, 1.165) is 18.6 Å². The number of hydrogen-bond acceptors (Lipinski definition) is 13. The second-order valence-electron chi connectivity index (χ2n) is 19.4. The molecule has 1 aromatic carbocycles. The van der Waals surface area contributed by atoms with Crippen LogP contribution in [0.3, 0.4) is 0 Å². The van der Waals surface area contributed by atoms with E-state index in [1.54, 1.807) is 27.4 Å². The lowest BCUT2D eigenvalue weighted by Crippen LogP contribution is -2.59. The van der Waals surface area contributed by atoms with Gasteiger partial charge in [0.1, 0.15) is 24.4 Å². The molecule has 13 nitrogen and oxygen atoms in total. The standard InChI is InChI=1S/C48H71F3N2O11/c1-10-29-15-12-16-37(64-39-18-17-36(53(5)6)25(3)60-39)24(2)42(55)35-22-32-31-20-30(63-47-46(59-9)45(58-8)44(57-7)26(4)61-47)21-34(31)41(43(56)40(32)33(35)23-38(54)62-29)52-28-14-11-13-27(19-28)48(49,50)51/h11,13-14,19,22,24-26,29-34,36-37,39-41,43-47,52,56H,10,12,15-18,20-21,23H2,1-9H3/t24-,25?,26?,29+,30+,31+,32+,33-,34-,36+,37+,39+,40-,41+,43+,44+,45?,46?,47+/m1/s1. The molecule has 3 aliphatic carbocycles. The largest absolute Gasteiger partial charge is 0.462 e. The number of aliphatic hydroxyl groups excluding tert-OH is 1. The van der Waals surface area contributed by atoms with Gasteiger partial charge in [-0.3, -0.25) is 9.59 Å². The highest BCUT2D eigenvalue weighted by Crippen LogP contribution is 2.57. The summed E-state index contributed by atoms with van der Waals surface area (Å²) in [4.78, 5) is 31.2. The number of carbonyl (C=O) groups is 2. The van der Waals surface area contributed by atoms with Gasteiger partial charge >= 0.3 is 12.1 Å². The Labute approximate surface area is 376 Å². The zero-order chi connectivity index (χ0) is 46.2. The van der Waals surface area contributed by atoms with Gasteiger partial charge in [-0.05, 0) is 121 Å². The maximum atomic E-state index is 15.1. The van der Waals surface area contributed by atoms with Crippen molar-refractivity contribution in [1.29, 1.82) is 0 Å². The van der Waals surface area contributed by atoms with Gasteiger partial charge in [0, 0.05) is 50.8 Å². The zero-order valence-corrected chi connectivity index (χ0v) is 38.8. The number of fused-ring (bicyclic) bond motifs is 5. The molecule has 2 saturated carbocycles. The first kappa shape index (κ1) is 49.2. The average molecular weight is 909 g/mol. The summed E-state index contributed by atoms with van der Waals surface area (Å²) >= 11 is 0. The van der Waals surface area contributed by atoms with Crippen LogP contribution >= 0.6 is 0 Å². The van der Waals surface area contributed by atoms with Crippen LogP contribution in [0.5, 0.6) is 0 Å². The van der Waals surface area contributed by atoms with Gasteiger partial charge in [0.15, 0.2) is 18.4 Å². The molecule has 0 radical (unpaired) electrons. The molecule has 0 amide bonds. The molecule has 19 atom stereocenters. The van der Waals surface area contributed by atoms with Crippen LogP contribution < -0.4 is 5.32 Å². The summed E-state index contributed by atoms with van der Waals surface area (Å²) in [6.45, 7) is 7.79. The average Bonchev–Trinajstić information content (AvgIpc) is 3.84. The molecular formula is C48H71F3N2O11. The molecule has 0 bridgehead atoms. The Hall–Kier alpha value is -2.67. The first-order valence-corrected chi connectivity index (χ1v) is 23.4. The highest BCUT2D eigenvalue weighted by molar-refractivity contribution is 5.99. The second-order valence-corrected chi connectivity index (χ2v) is 19.4. The topological polar surface area (TPSA) is 143 Å². The molecule has 360 valence electrons. The highest BCUT2D eigenvalue weighted by Gasteiger charge is 2.60. The number of halogens is 3. The minimum Gasteiger partial charge on any atom is -0.462 e. The number of aliphatic hydroxyl groups is 1. The number of alkyl halides is 3. The van der Waals surface area contributed by atoms with E-state index in [1.165, 1.54) is 6.07 Å². The number of rotatable bonds is 11. The van der Waals surface area contributed by atoms with Crippen molar-refractivity contribution < 1.29 is 65.8 Å². The summed E-state index contributed by atoms with van der Waals surface area (Å²) < 4.78 is 91.7. The molecule has 1 aromatic rings. The number of benzene rings is 1. The van der Waals surface area contributed by atoms with Gasteiger partial charge in [-0.1, -0.05) is 26.0 Å². The van der Waals surface area contributed by atoms with E-state index in [1.807, 2.05) is 47.9 Å². The Balaban J connectivity index is 1.22. The highest BCUT2D eigenvalue weighted by atomic mass is 19.4. The number of ketones is 1. The molecule has 0 aromatic heterocycles. The number of hydrogen-bond donors (Lipinski definition) is 2. The summed E-state index contributed by atoms with van der Waals surface area (Å²) in [5, 5.41) is 16.0. The number of ether oxygens (including phenoxy) is 8. The Morgan fingerprint density at radius 3 is 2.27 bits per heavy atom. The molecule has 2 N–H and O–H groups in total. The van der Waals surface area contributed by atoms with Gasteiger partial charge in [-0.2, -0.15) is 13.2 Å². The lowest BCUT2D eigenvalue weighted by Gasteiger charge is -2.47. The van der Waals surface area contributed by atoms with Crippen molar-refractivity contribution in [3.8, 4) is 0 Å². The third-order valence-electron chi connectivity index (χ3n) is 15.4. The fourth-order valence-electron chi connectivity index (χ4n) is 12.2. The maximum absolute atomic E-state index is 15.1. The molecule has 5 fully saturated rings. The van der Waals surface area contributed by atoms with Crippen LogP contribution in [0.25, 0.3) is 0 Å². The normalized spacial score (nSPS) is 42.2. The Bertz CT molecular complexity index is 1780. The molecule has 3 heterocycles. The zero-order valence-electron chi connectivity index (χ0n) is 38.8. The van der Waals surface area contributed by atoms with Crippen molar-refractivity contribution in [2.75, 3.05) is 40.7 Å². The van der Waals surface area contributed by atoms with Crippen LogP contribution in [0.4, 0.5) is 18.9 Å². The van der Waals surface area contributed by atoms with Gasteiger partial charge in [0.2, 0.25) is 0 Å². The van der Waals surface area contributed by atoms with Crippen molar-refractivity contribution in [1.82, 2.24) is 4.90 Å². The van der Waals surface area contributed by atoms with Gasteiger partial charge in [-0.15, -0.1) is 0 Å². The van der Waals surface area contributed by atoms with E-state index >= 15 is 4.79 Å². The van der Waals surface area contributed by atoms with Crippen molar-refractivity contribution in [3.63, 3.8) is 0 Å². The van der Waals surface area contributed by atoms with Crippen LogP contribution in [0.2, 0.25) is 0 Å². The summed E-state index contributed by atoms with van der Waals surface area (Å²) in [5.41, 5.74) is -0.152. The summed E-state index contributed by atoms with van der Waals surface area (Å²) in [5.74, 6) is -3.40. The number of likely N-dealkylation sites (N-methyl/N-ethyl adjacent to an activating group) is 1. The molecule has 0 spiro atoms. The van der Waals surface area contributed by atoms with E-state index in [4.69, 9.17) is 37.9 Å². The number of nitrogens with zero attached hydrogens (tertiary/aromatic N) is 1. The number of carbonyl (C=O) groups excluding carboxylic acids is 2. The number of allylic oxidation sites excluding steroid dienone is 2. The van der Waals surface area contributed by atoms with Crippen molar-refractivity contribution in [3.05, 3.63) is 41.5 Å². The first-order chi connectivity index (χ1) is 30.5. The quantitative estimate of drug-likeness (QED) is 0.225. The molecule has 7 rings (SSSR count). The van der Waals surface area contributed by atoms with Crippen LogP contribution in [0, 0.1) is 35.5 Å². The third kappa shape index (κ3) is 10.3. The van der Waals surface area contributed by atoms with Gasteiger partial charge in [0.05, 0.1) is 48.5 Å². The smallest absolute Gasteiger partial charge is 0.416 e. The molecule has 64 heavy (non-hydrogen) atoms. The first-order valence-electron chi connectivity index (χ1n) is 23.4. The van der Waals surface area contributed by atoms with Crippen LogP contribution in [0.15, 0.2) is 35.9 Å². The number of Topliss-reactive ketones (excluding diaryl/α,β-unsaturated/α-hetero) is 1. The lowest BCUT2D eigenvalue weighted by molar-refractivity contribution is -0.314. The fourth-order valence-corrected chi connectivity index (χ4v) is 12.2. The molecule has 6 aliphatic rings. The number of methoxy groups -OCH3 is 3. The number of nitrogens with one attached hydrogen (secondary N) is 1. The fraction of sp³-hybridized carbons (Fsp3) is 0.792. The molecule has 16 heteroatoms. The maximum Gasteiger partial charge on any atom is 0.416 e. The van der Waals surface area contributed by atoms with Gasteiger partial charge in [0.25, 0.3) is 0 Å². The van der Waals surface area contributed by atoms with Crippen molar-refractivity contribution in [2.24, 2.45) is 35.5 Å². The van der Waals surface area contributed by atoms with Crippen LogP contribution in [-0.2, 0) is 53.7 Å². The second kappa shape index (κ2) is 20.7. The lowest BCUT2D eigenvalue weighted by atomic mass is 9.62. The van der Waals surface area contributed by atoms with E-state index < -0.39 is 96.8 Å². The van der Waals surface area contributed by atoms with Gasteiger partial charge < -0.3 is 53.2 Å². The number of cyclic esters (lactones) is 1. The number of anilines is 1. The van der Waals surface area contributed by atoms with E-state index in [9.17, 15) is 23.1 Å². The monoisotopic (exact) mass is 909 g/mol. The Kier molecular flexibility index (Phi) is 15.9. The summed E-state index contributed by atoms with van der Waals surface area (Å²) in [6, 6.07) is 4.45. The van der Waals surface area contributed by atoms with Gasteiger partial charge in [-0.25, -0.2) is 0 Å². The van der Waals surface area contributed by atoms with Crippen LogP contribution in [-0.4, -0.2) is 137 Å². The Morgan fingerprint density at radius 2 is 1.61 bits per heavy atom. The van der Waals surface area contributed by atoms with E-state index in [-0.39, 0.29) is 53.9 Å². The number of esters is 1. The van der Waals surface area contributed by atoms with E-state index in [0.29, 0.717) is 50.5 Å².